The molecular weight excluding hydrogens is 192 g/mol. The van der Waals surface area contributed by atoms with E-state index in [0.29, 0.717) is 11.4 Å². The highest BCUT2D eigenvalue weighted by molar-refractivity contribution is 7.97. The molecule has 12 heavy (non-hydrogen) atoms. The molecule has 64 valence electrons. The third-order valence-corrected chi connectivity index (χ3v) is 2.03. The van der Waals surface area contributed by atoms with Gasteiger partial charge in [0.25, 0.3) is 0 Å². The average Bonchev–Trinajstić information content (AvgIpc) is 2.06. The van der Waals surface area contributed by atoms with E-state index in [1.165, 1.54) is 0 Å². The standard InChI is InChI=1S/C9H9ClOS/c10-6-5-7-1-3-8(4-2-7)9(11)12/h1-4H,5-6H2,(H,11,12). The second-order valence-corrected chi connectivity index (χ2v) is 3.23. The molecule has 1 aromatic carbocycles. The summed E-state index contributed by atoms with van der Waals surface area (Å²) in [5.41, 5.74) is 1.76. The van der Waals surface area contributed by atoms with Gasteiger partial charge in [-0.15, -0.1) is 24.2 Å². The fourth-order valence-corrected chi connectivity index (χ4v) is 1.29. The molecule has 0 aromatic heterocycles. The number of rotatable bonds is 3. The van der Waals surface area contributed by atoms with Crippen LogP contribution in [0.1, 0.15) is 15.9 Å². The number of carbonyl (C=O) groups excluding carboxylic acids is 1. The molecule has 0 saturated carbocycles. The van der Waals surface area contributed by atoms with Crippen molar-refractivity contribution < 1.29 is 4.79 Å². The number of hydrogen-bond acceptors (Lipinski definition) is 1. The second-order valence-electron chi connectivity index (χ2n) is 2.44. The van der Waals surface area contributed by atoms with Crippen molar-refractivity contribution >= 4 is 29.3 Å². The molecule has 1 rings (SSSR count). The number of thiol groups is 1. The molecule has 0 spiro atoms. The molecule has 0 amide bonds. The first kappa shape index (κ1) is 9.62. The van der Waals surface area contributed by atoms with E-state index < -0.39 is 0 Å². The molecule has 1 nitrogen and oxygen atoms in total. The van der Waals surface area contributed by atoms with Crippen LogP contribution in [-0.4, -0.2) is 11.0 Å². The van der Waals surface area contributed by atoms with Crippen LogP contribution in [0.5, 0.6) is 0 Å². The fraction of sp³-hybridized carbons (Fsp3) is 0.222. The summed E-state index contributed by atoms with van der Waals surface area (Å²) in [6.07, 6.45) is 0.836. The molecule has 3 heteroatoms. The number of hydrogen-bond donors (Lipinski definition) is 1. The lowest BCUT2D eigenvalue weighted by molar-refractivity contribution is 0.109. The van der Waals surface area contributed by atoms with Gasteiger partial charge < -0.3 is 0 Å². The van der Waals surface area contributed by atoms with Crippen LogP contribution in [0.2, 0.25) is 0 Å². The highest BCUT2D eigenvalue weighted by Gasteiger charge is 1.98. The lowest BCUT2D eigenvalue weighted by Gasteiger charge is -1.98. The van der Waals surface area contributed by atoms with Gasteiger partial charge >= 0.3 is 0 Å². The van der Waals surface area contributed by atoms with E-state index in [1.54, 1.807) is 12.1 Å². The quantitative estimate of drug-likeness (QED) is 0.586. The van der Waals surface area contributed by atoms with E-state index in [4.69, 9.17) is 11.6 Å². The lowest BCUT2D eigenvalue weighted by atomic mass is 10.1. The van der Waals surface area contributed by atoms with E-state index >= 15 is 0 Å². The van der Waals surface area contributed by atoms with Crippen LogP contribution in [-0.2, 0) is 6.42 Å². The Morgan fingerprint density at radius 1 is 1.33 bits per heavy atom. The molecule has 0 unspecified atom stereocenters. The first-order chi connectivity index (χ1) is 5.74. The van der Waals surface area contributed by atoms with E-state index in [0.717, 1.165) is 12.0 Å². The van der Waals surface area contributed by atoms with E-state index in [2.05, 4.69) is 12.6 Å². The Morgan fingerprint density at radius 3 is 2.33 bits per heavy atom. The van der Waals surface area contributed by atoms with Gasteiger partial charge in [-0.2, -0.15) is 0 Å². The number of benzene rings is 1. The normalized spacial score (nSPS) is 9.83. The van der Waals surface area contributed by atoms with Crippen LogP contribution in [0.3, 0.4) is 0 Å². The van der Waals surface area contributed by atoms with Crippen molar-refractivity contribution in [3.63, 3.8) is 0 Å². The molecule has 0 radical (unpaired) electrons. The van der Waals surface area contributed by atoms with Crippen molar-refractivity contribution in [3.8, 4) is 0 Å². The smallest absolute Gasteiger partial charge is 0.216 e. The highest BCUT2D eigenvalue weighted by atomic mass is 35.5. The third-order valence-electron chi connectivity index (χ3n) is 1.58. The fourth-order valence-electron chi connectivity index (χ4n) is 0.923. The Balaban J connectivity index is 2.78. The minimum Gasteiger partial charge on any atom is -0.282 e. The lowest BCUT2D eigenvalue weighted by Crippen LogP contribution is -1.90. The van der Waals surface area contributed by atoms with Crippen LogP contribution in [0, 0.1) is 0 Å². The average molecular weight is 201 g/mol. The summed E-state index contributed by atoms with van der Waals surface area (Å²) in [7, 11) is 0. The molecule has 0 aliphatic heterocycles. The molecule has 0 atom stereocenters. The second kappa shape index (κ2) is 4.53. The summed E-state index contributed by atoms with van der Waals surface area (Å²) in [6, 6.07) is 7.31. The zero-order chi connectivity index (χ0) is 8.97. The molecule has 0 heterocycles. The van der Waals surface area contributed by atoms with Gasteiger partial charge in [0.2, 0.25) is 5.12 Å². The Hall–Kier alpha value is -0.470. The Labute approximate surface area is 82.1 Å². The third kappa shape index (κ3) is 2.54. The monoisotopic (exact) mass is 200 g/mol. The maximum absolute atomic E-state index is 10.8. The van der Waals surface area contributed by atoms with Gasteiger partial charge in [-0.05, 0) is 12.0 Å². The van der Waals surface area contributed by atoms with Gasteiger partial charge in [0.05, 0.1) is 0 Å². The molecule has 0 aliphatic carbocycles. The maximum Gasteiger partial charge on any atom is 0.216 e. The Kier molecular flexibility index (Phi) is 3.63. The van der Waals surface area contributed by atoms with Crippen molar-refractivity contribution in [2.24, 2.45) is 0 Å². The summed E-state index contributed by atoms with van der Waals surface area (Å²) in [5, 5.41) is -0.201. The van der Waals surface area contributed by atoms with Crippen LogP contribution >= 0.6 is 24.2 Å². The van der Waals surface area contributed by atoms with Gasteiger partial charge in [-0.3, -0.25) is 4.79 Å². The van der Waals surface area contributed by atoms with Crippen LogP contribution in [0.4, 0.5) is 0 Å². The summed E-state index contributed by atoms with van der Waals surface area (Å²) in [6.45, 7) is 0. The predicted molar refractivity (Wildman–Crippen MR) is 54.2 cm³/mol. The van der Waals surface area contributed by atoms with Crippen LogP contribution < -0.4 is 0 Å². The Bertz CT molecular complexity index is 268. The number of carbonyl (C=O) groups is 1. The van der Waals surface area contributed by atoms with Gasteiger partial charge in [-0.1, -0.05) is 24.3 Å². The van der Waals surface area contributed by atoms with E-state index in [9.17, 15) is 4.79 Å². The zero-order valence-corrected chi connectivity index (χ0v) is 8.11. The van der Waals surface area contributed by atoms with Crippen molar-refractivity contribution in [2.45, 2.75) is 6.42 Å². The summed E-state index contributed by atoms with van der Waals surface area (Å²) >= 11 is 9.27. The Morgan fingerprint density at radius 2 is 1.92 bits per heavy atom. The molecule has 0 fully saturated rings. The first-order valence-corrected chi connectivity index (χ1v) is 4.60. The van der Waals surface area contributed by atoms with Crippen molar-refractivity contribution in [3.05, 3.63) is 35.4 Å². The van der Waals surface area contributed by atoms with E-state index in [1.807, 2.05) is 12.1 Å². The number of alkyl halides is 1. The van der Waals surface area contributed by atoms with Crippen molar-refractivity contribution in [1.82, 2.24) is 0 Å². The topological polar surface area (TPSA) is 17.1 Å². The number of aryl methyl sites for hydroxylation is 1. The summed E-state index contributed by atoms with van der Waals surface area (Å²) < 4.78 is 0. The highest BCUT2D eigenvalue weighted by Crippen LogP contribution is 2.07. The summed E-state index contributed by atoms with van der Waals surface area (Å²) in [4.78, 5) is 10.8. The van der Waals surface area contributed by atoms with E-state index in [-0.39, 0.29) is 5.12 Å². The first-order valence-electron chi connectivity index (χ1n) is 3.62. The minimum absolute atomic E-state index is 0.201. The molecule has 0 saturated heterocycles. The summed E-state index contributed by atoms with van der Waals surface area (Å²) in [5.74, 6) is 0.605. The zero-order valence-electron chi connectivity index (χ0n) is 6.46. The molecule has 1 aromatic rings. The van der Waals surface area contributed by atoms with Gasteiger partial charge in [0, 0.05) is 11.4 Å². The maximum atomic E-state index is 10.8. The number of halogens is 1. The van der Waals surface area contributed by atoms with Gasteiger partial charge in [-0.25, -0.2) is 0 Å². The SMILES string of the molecule is O=C(S)c1ccc(CCCl)cc1. The molecule has 0 N–H and O–H groups in total. The van der Waals surface area contributed by atoms with Crippen LogP contribution in [0.15, 0.2) is 24.3 Å². The largest absolute Gasteiger partial charge is 0.282 e. The molecular formula is C9H9ClOS. The van der Waals surface area contributed by atoms with Crippen molar-refractivity contribution in [1.29, 1.82) is 0 Å². The molecule has 0 aliphatic rings. The van der Waals surface area contributed by atoms with Gasteiger partial charge in [0.15, 0.2) is 0 Å². The minimum atomic E-state index is -0.201. The van der Waals surface area contributed by atoms with Crippen molar-refractivity contribution in [2.75, 3.05) is 5.88 Å². The molecule has 0 bridgehead atoms. The van der Waals surface area contributed by atoms with Crippen LogP contribution in [0.25, 0.3) is 0 Å². The predicted octanol–water partition coefficient (Wildman–Crippen LogP) is 2.54. The van der Waals surface area contributed by atoms with Gasteiger partial charge in [0.1, 0.15) is 0 Å².